The zero-order valence-electron chi connectivity index (χ0n) is 17.5. The molecule has 33 heavy (non-hydrogen) atoms. The summed E-state index contributed by atoms with van der Waals surface area (Å²) in [6, 6.07) is 14.6. The van der Waals surface area contributed by atoms with Crippen LogP contribution in [0.4, 0.5) is 10.1 Å². The maximum absolute atomic E-state index is 14.0. The molecule has 0 aliphatic carbocycles. The van der Waals surface area contributed by atoms with Crippen LogP contribution in [0.3, 0.4) is 0 Å². The van der Waals surface area contributed by atoms with Crippen molar-refractivity contribution in [3.63, 3.8) is 0 Å². The van der Waals surface area contributed by atoms with Crippen molar-refractivity contribution in [2.24, 2.45) is 0 Å². The molecule has 3 aromatic rings. The molecule has 4 rings (SSSR count). The van der Waals surface area contributed by atoms with Crippen LogP contribution in [0.5, 0.6) is 11.5 Å². The number of anilines is 1. The summed E-state index contributed by atoms with van der Waals surface area (Å²) in [5.41, 5.74) is 0.500. The molecule has 3 aromatic carbocycles. The highest BCUT2D eigenvalue weighted by atomic mass is 35.5. The van der Waals surface area contributed by atoms with E-state index >= 15 is 0 Å². The Bertz CT molecular complexity index is 1290. The molecule has 2 N–H and O–H groups in total. The van der Waals surface area contributed by atoms with Gasteiger partial charge >= 0.3 is 0 Å². The van der Waals surface area contributed by atoms with E-state index in [-0.39, 0.29) is 22.6 Å². The van der Waals surface area contributed by atoms with Crippen molar-refractivity contribution in [1.29, 1.82) is 0 Å². The molecule has 1 aliphatic rings. The second-order valence-electron chi connectivity index (χ2n) is 7.32. The molecule has 0 radical (unpaired) electrons. The predicted octanol–water partition coefficient (Wildman–Crippen LogP) is 5.21. The minimum Gasteiger partial charge on any atom is -0.508 e. The number of carbonyl (C=O) groups excluding carboxylic acids is 2. The molecule has 0 saturated carbocycles. The van der Waals surface area contributed by atoms with Crippen LogP contribution in [-0.4, -0.2) is 28.5 Å². The van der Waals surface area contributed by atoms with Crippen LogP contribution >= 0.6 is 11.6 Å². The fourth-order valence-electron chi connectivity index (χ4n) is 3.81. The minimum absolute atomic E-state index is 0.0949. The van der Waals surface area contributed by atoms with Gasteiger partial charge in [0.25, 0.3) is 11.7 Å². The van der Waals surface area contributed by atoms with Crippen molar-refractivity contribution in [3.05, 3.63) is 94.3 Å². The number of amides is 1. The Morgan fingerprint density at radius 2 is 1.85 bits per heavy atom. The van der Waals surface area contributed by atoms with Crippen LogP contribution in [0.2, 0.25) is 5.02 Å². The number of aliphatic hydroxyl groups excluding tert-OH is 1. The van der Waals surface area contributed by atoms with Gasteiger partial charge in [-0.25, -0.2) is 4.39 Å². The molecule has 1 fully saturated rings. The number of rotatable bonds is 5. The highest BCUT2D eigenvalue weighted by Gasteiger charge is 2.47. The molecular weight excluding hydrogens is 449 g/mol. The summed E-state index contributed by atoms with van der Waals surface area (Å²) in [6.45, 7) is 2.10. The van der Waals surface area contributed by atoms with Gasteiger partial charge in [0.1, 0.15) is 23.1 Å². The molecule has 0 spiro atoms. The first-order valence-corrected chi connectivity index (χ1v) is 10.5. The van der Waals surface area contributed by atoms with Crippen LogP contribution in [0, 0.1) is 5.82 Å². The van der Waals surface area contributed by atoms with Gasteiger partial charge < -0.3 is 14.9 Å². The summed E-state index contributed by atoms with van der Waals surface area (Å²) in [7, 11) is 0. The second-order valence-corrected chi connectivity index (χ2v) is 7.73. The lowest BCUT2D eigenvalue weighted by Gasteiger charge is -2.25. The standard InChI is InChI=1S/C25H19ClFNO5/c1-2-33-20-12-15(9-10-19(20)26)23(30)21-22(14-5-3-8-18(29)11-14)28(25(32)24(21)31)17-7-4-6-16(27)13-17/h3-13,22,29-30H,2H2,1H3/b23-21+. The van der Waals surface area contributed by atoms with E-state index in [9.17, 15) is 24.2 Å². The van der Waals surface area contributed by atoms with Crippen LogP contribution in [0.1, 0.15) is 24.1 Å². The number of carbonyl (C=O) groups is 2. The molecule has 1 saturated heterocycles. The van der Waals surface area contributed by atoms with Gasteiger partial charge in [0.05, 0.1) is 23.2 Å². The van der Waals surface area contributed by atoms with Crippen LogP contribution < -0.4 is 9.64 Å². The lowest BCUT2D eigenvalue weighted by molar-refractivity contribution is -0.132. The van der Waals surface area contributed by atoms with Crippen LogP contribution in [0.15, 0.2) is 72.3 Å². The number of ether oxygens (including phenoxy) is 1. The number of hydrogen-bond donors (Lipinski definition) is 2. The van der Waals surface area contributed by atoms with Gasteiger partial charge in [0.2, 0.25) is 0 Å². The number of phenolic OH excluding ortho intramolecular Hbond substituents is 1. The maximum Gasteiger partial charge on any atom is 0.300 e. The van der Waals surface area contributed by atoms with Crippen molar-refractivity contribution in [1.82, 2.24) is 0 Å². The first-order chi connectivity index (χ1) is 15.8. The molecule has 0 bridgehead atoms. The van der Waals surface area contributed by atoms with Gasteiger partial charge in [0.15, 0.2) is 0 Å². The number of ketones is 1. The lowest BCUT2D eigenvalue weighted by Crippen LogP contribution is -2.29. The van der Waals surface area contributed by atoms with Crippen molar-refractivity contribution < 1.29 is 28.9 Å². The van der Waals surface area contributed by atoms with Gasteiger partial charge in [-0.15, -0.1) is 0 Å². The van der Waals surface area contributed by atoms with E-state index in [1.165, 1.54) is 48.5 Å². The molecule has 8 heteroatoms. The van der Waals surface area contributed by atoms with Crippen molar-refractivity contribution in [2.45, 2.75) is 13.0 Å². The SMILES string of the molecule is CCOc1cc(/C(O)=C2\C(=O)C(=O)N(c3cccc(F)c3)C2c2cccc(O)c2)ccc1Cl. The van der Waals surface area contributed by atoms with E-state index in [2.05, 4.69) is 0 Å². The van der Waals surface area contributed by atoms with Gasteiger partial charge in [0, 0.05) is 11.3 Å². The number of benzene rings is 3. The number of aliphatic hydroxyl groups is 1. The predicted molar refractivity (Wildman–Crippen MR) is 122 cm³/mol. The highest BCUT2D eigenvalue weighted by molar-refractivity contribution is 6.51. The molecule has 1 unspecified atom stereocenters. The van der Waals surface area contributed by atoms with Gasteiger partial charge in [-0.1, -0.05) is 29.8 Å². The summed E-state index contributed by atoms with van der Waals surface area (Å²) in [6.07, 6.45) is 0. The Morgan fingerprint density at radius 1 is 1.09 bits per heavy atom. The van der Waals surface area contributed by atoms with Crippen molar-refractivity contribution in [2.75, 3.05) is 11.5 Å². The largest absolute Gasteiger partial charge is 0.508 e. The third kappa shape index (κ3) is 4.15. The van der Waals surface area contributed by atoms with Crippen molar-refractivity contribution in [3.8, 4) is 11.5 Å². The van der Waals surface area contributed by atoms with Gasteiger partial charge in [-0.2, -0.15) is 0 Å². The van der Waals surface area contributed by atoms with E-state index in [1.807, 2.05) is 0 Å². The van der Waals surface area contributed by atoms with Gasteiger partial charge in [-0.05, 0) is 61.0 Å². The monoisotopic (exact) mass is 467 g/mol. The Morgan fingerprint density at radius 3 is 2.55 bits per heavy atom. The number of Topliss-reactive ketones (excluding diaryl/α,β-unsaturated/α-hetero) is 1. The second kappa shape index (κ2) is 8.96. The average molecular weight is 468 g/mol. The Kier molecular flexibility index (Phi) is 6.07. The summed E-state index contributed by atoms with van der Waals surface area (Å²) in [5, 5.41) is 21.5. The number of halogens is 2. The quantitative estimate of drug-likeness (QED) is 0.305. The summed E-state index contributed by atoms with van der Waals surface area (Å²) in [4.78, 5) is 27.3. The molecule has 1 amide bonds. The normalized spacial score (nSPS) is 17.4. The van der Waals surface area contributed by atoms with Gasteiger partial charge in [-0.3, -0.25) is 14.5 Å². The van der Waals surface area contributed by atoms with E-state index < -0.39 is 29.3 Å². The van der Waals surface area contributed by atoms with E-state index in [0.29, 0.717) is 22.9 Å². The third-order valence-corrected chi connectivity index (χ3v) is 5.53. The Hall–Kier alpha value is -3.84. The topological polar surface area (TPSA) is 87.1 Å². The van der Waals surface area contributed by atoms with E-state index in [0.717, 1.165) is 11.0 Å². The number of hydrogen-bond acceptors (Lipinski definition) is 5. The summed E-state index contributed by atoms with van der Waals surface area (Å²) >= 11 is 6.14. The molecule has 1 heterocycles. The molecule has 0 aromatic heterocycles. The fourth-order valence-corrected chi connectivity index (χ4v) is 3.98. The number of nitrogens with zero attached hydrogens (tertiary/aromatic N) is 1. The third-order valence-electron chi connectivity index (χ3n) is 5.22. The fraction of sp³-hybridized carbons (Fsp3) is 0.120. The van der Waals surface area contributed by atoms with Crippen LogP contribution in [0.25, 0.3) is 5.76 Å². The first-order valence-electron chi connectivity index (χ1n) is 10.1. The molecule has 1 aliphatic heterocycles. The molecule has 1 atom stereocenters. The Balaban J connectivity index is 1.95. The van der Waals surface area contributed by atoms with Crippen molar-refractivity contribution >= 4 is 34.7 Å². The molecule has 6 nitrogen and oxygen atoms in total. The highest BCUT2D eigenvalue weighted by Crippen LogP contribution is 2.43. The molecule has 168 valence electrons. The zero-order valence-corrected chi connectivity index (χ0v) is 18.2. The summed E-state index contributed by atoms with van der Waals surface area (Å²) < 4.78 is 19.4. The minimum atomic E-state index is -1.11. The van der Waals surface area contributed by atoms with E-state index in [1.54, 1.807) is 19.1 Å². The van der Waals surface area contributed by atoms with Crippen LogP contribution in [-0.2, 0) is 9.59 Å². The average Bonchev–Trinajstić information content (AvgIpc) is 3.05. The molecular formula is C25H19ClFNO5. The zero-order chi connectivity index (χ0) is 23.7. The Labute approximate surface area is 194 Å². The number of phenols is 1. The summed E-state index contributed by atoms with van der Waals surface area (Å²) in [5.74, 6) is -2.72. The number of aromatic hydroxyl groups is 1. The smallest absolute Gasteiger partial charge is 0.300 e. The van der Waals surface area contributed by atoms with E-state index in [4.69, 9.17) is 16.3 Å². The first kappa shape index (κ1) is 22.4. The maximum atomic E-state index is 14.0. The lowest BCUT2D eigenvalue weighted by atomic mass is 9.95.